The fourth-order valence-corrected chi connectivity index (χ4v) is 3.10. The summed E-state index contributed by atoms with van der Waals surface area (Å²) in [5.41, 5.74) is 1.64. The second kappa shape index (κ2) is 8.71. The van der Waals surface area contributed by atoms with Gasteiger partial charge < -0.3 is 15.0 Å². The van der Waals surface area contributed by atoms with Crippen LogP contribution in [0.15, 0.2) is 59.4 Å². The first kappa shape index (κ1) is 19.6. The Morgan fingerprint density at radius 2 is 1.93 bits per heavy atom. The first-order chi connectivity index (χ1) is 13.5. The summed E-state index contributed by atoms with van der Waals surface area (Å²) < 4.78 is 5.28. The van der Waals surface area contributed by atoms with Crippen LogP contribution in [0.4, 0.5) is 0 Å². The molecule has 144 valence electrons. The average Bonchev–Trinajstić information content (AvgIpc) is 2.67. The number of carbonyl (C=O) groups is 1. The van der Waals surface area contributed by atoms with Gasteiger partial charge in [0.1, 0.15) is 11.6 Å². The maximum Gasteiger partial charge on any atom is 0.255 e. The van der Waals surface area contributed by atoms with Crippen LogP contribution in [0, 0.1) is 6.92 Å². The smallest absolute Gasteiger partial charge is 0.255 e. The van der Waals surface area contributed by atoms with Gasteiger partial charge in [-0.3, -0.25) is 9.59 Å². The van der Waals surface area contributed by atoms with Gasteiger partial charge in [0, 0.05) is 17.5 Å². The van der Waals surface area contributed by atoms with E-state index in [9.17, 15) is 9.59 Å². The van der Waals surface area contributed by atoms with Crippen molar-refractivity contribution in [1.82, 2.24) is 15.3 Å². The highest BCUT2D eigenvalue weighted by Crippen LogP contribution is 2.23. The van der Waals surface area contributed by atoms with Gasteiger partial charge in [0.25, 0.3) is 11.5 Å². The van der Waals surface area contributed by atoms with Crippen LogP contribution in [-0.4, -0.2) is 23.0 Å². The molecule has 0 aliphatic heterocycles. The molecule has 0 bridgehead atoms. The number of halogens is 1. The standard InChI is InChI=1S/C21H20ClN3O3/c1-13-23-16(12-20(26)24-13)11-18(14-7-9-15(22)10-8-14)25-21(27)17-5-3-4-6-19(17)28-2/h3-10,12,18H,11H2,1-2H3,(H,25,27)(H,23,24,26). The summed E-state index contributed by atoms with van der Waals surface area (Å²) in [5, 5.41) is 3.62. The van der Waals surface area contributed by atoms with Gasteiger partial charge in [0.05, 0.1) is 24.4 Å². The monoisotopic (exact) mass is 397 g/mol. The summed E-state index contributed by atoms with van der Waals surface area (Å²) in [4.78, 5) is 31.7. The number of ether oxygens (including phenoxy) is 1. The molecule has 28 heavy (non-hydrogen) atoms. The molecule has 1 atom stereocenters. The highest BCUT2D eigenvalue weighted by molar-refractivity contribution is 6.30. The predicted octanol–water partition coefficient (Wildman–Crippen LogP) is 3.45. The summed E-state index contributed by atoms with van der Waals surface area (Å²) in [6, 6.07) is 15.2. The highest BCUT2D eigenvalue weighted by Gasteiger charge is 2.20. The molecule has 1 aromatic heterocycles. The van der Waals surface area contributed by atoms with Gasteiger partial charge in [0.2, 0.25) is 0 Å². The van der Waals surface area contributed by atoms with E-state index in [1.807, 2.05) is 12.1 Å². The minimum absolute atomic E-state index is 0.228. The molecule has 1 unspecified atom stereocenters. The van der Waals surface area contributed by atoms with Gasteiger partial charge in [0.15, 0.2) is 0 Å². The second-order valence-electron chi connectivity index (χ2n) is 6.30. The van der Waals surface area contributed by atoms with Crippen LogP contribution in [0.1, 0.15) is 33.5 Å². The molecule has 3 rings (SSSR count). The molecule has 3 aromatic rings. The number of methoxy groups -OCH3 is 1. The quantitative estimate of drug-likeness (QED) is 0.667. The van der Waals surface area contributed by atoms with E-state index < -0.39 is 6.04 Å². The van der Waals surface area contributed by atoms with Crippen molar-refractivity contribution >= 4 is 17.5 Å². The molecule has 0 radical (unpaired) electrons. The molecule has 0 fully saturated rings. The van der Waals surface area contributed by atoms with Gasteiger partial charge in [-0.1, -0.05) is 35.9 Å². The number of benzene rings is 2. The molecule has 1 amide bonds. The Kier molecular flexibility index (Phi) is 6.11. The summed E-state index contributed by atoms with van der Waals surface area (Å²) in [5.74, 6) is 0.729. The minimum Gasteiger partial charge on any atom is -0.496 e. The number of rotatable bonds is 6. The number of hydrogen-bond acceptors (Lipinski definition) is 4. The van der Waals surface area contributed by atoms with Crippen molar-refractivity contribution in [3.8, 4) is 5.75 Å². The number of aromatic nitrogens is 2. The average molecular weight is 398 g/mol. The highest BCUT2D eigenvalue weighted by atomic mass is 35.5. The van der Waals surface area contributed by atoms with Gasteiger partial charge in [-0.2, -0.15) is 0 Å². The Balaban J connectivity index is 1.92. The van der Waals surface area contributed by atoms with E-state index in [0.29, 0.717) is 34.3 Å². The first-order valence-corrected chi connectivity index (χ1v) is 9.10. The Hall–Kier alpha value is -3.12. The second-order valence-corrected chi connectivity index (χ2v) is 6.74. The van der Waals surface area contributed by atoms with E-state index in [1.54, 1.807) is 43.3 Å². The van der Waals surface area contributed by atoms with Crippen molar-refractivity contribution in [2.24, 2.45) is 0 Å². The molecule has 2 aromatic carbocycles. The third kappa shape index (κ3) is 4.78. The fourth-order valence-electron chi connectivity index (χ4n) is 2.97. The number of H-pyrrole nitrogens is 1. The molecule has 0 saturated carbocycles. The molecular formula is C21H20ClN3O3. The zero-order valence-electron chi connectivity index (χ0n) is 15.5. The van der Waals surface area contributed by atoms with Crippen molar-refractivity contribution in [3.63, 3.8) is 0 Å². The minimum atomic E-state index is -0.400. The van der Waals surface area contributed by atoms with Crippen LogP contribution in [0.2, 0.25) is 5.02 Å². The van der Waals surface area contributed by atoms with E-state index >= 15 is 0 Å². The van der Waals surface area contributed by atoms with Crippen molar-refractivity contribution in [1.29, 1.82) is 0 Å². The lowest BCUT2D eigenvalue weighted by atomic mass is 10.0. The number of amides is 1. The number of carbonyl (C=O) groups excluding carboxylic acids is 1. The van der Waals surface area contributed by atoms with Crippen LogP contribution in [0.3, 0.4) is 0 Å². The molecule has 0 aliphatic carbocycles. The Labute approximate surface area is 167 Å². The van der Waals surface area contributed by atoms with Gasteiger partial charge in [-0.05, 0) is 36.8 Å². The normalized spacial score (nSPS) is 11.7. The first-order valence-electron chi connectivity index (χ1n) is 8.72. The lowest BCUT2D eigenvalue weighted by molar-refractivity contribution is 0.0933. The number of hydrogen-bond donors (Lipinski definition) is 2. The number of aryl methyl sites for hydroxylation is 1. The van der Waals surface area contributed by atoms with E-state index in [2.05, 4.69) is 15.3 Å². The summed E-state index contributed by atoms with van der Waals surface area (Å²) >= 11 is 6.00. The summed E-state index contributed by atoms with van der Waals surface area (Å²) in [6.45, 7) is 1.72. The maximum absolute atomic E-state index is 12.9. The van der Waals surface area contributed by atoms with E-state index in [-0.39, 0.29) is 11.5 Å². The van der Waals surface area contributed by atoms with Crippen LogP contribution in [0.25, 0.3) is 0 Å². The number of nitrogens with one attached hydrogen (secondary N) is 2. The van der Waals surface area contributed by atoms with Crippen LogP contribution in [-0.2, 0) is 6.42 Å². The molecule has 7 heteroatoms. The van der Waals surface area contributed by atoms with Gasteiger partial charge in [-0.25, -0.2) is 4.98 Å². The van der Waals surface area contributed by atoms with Crippen molar-refractivity contribution in [3.05, 3.63) is 92.6 Å². The van der Waals surface area contributed by atoms with Crippen LogP contribution in [0.5, 0.6) is 5.75 Å². The van der Waals surface area contributed by atoms with Crippen LogP contribution < -0.4 is 15.6 Å². The van der Waals surface area contributed by atoms with Crippen LogP contribution >= 0.6 is 11.6 Å². The zero-order chi connectivity index (χ0) is 20.1. The maximum atomic E-state index is 12.9. The molecule has 2 N–H and O–H groups in total. The van der Waals surface area contributed by atoms with E-state index in [4.69, 9.17) is 16.3 Å². The molecule has 0 saturated heterocycles. The molecule has 6 nitrogen and oxygen atoms in total. The number of para-hydroxylation sites is 1. The SMILES string of the molecule is COc1ccccc1C(=O)NC(Cc1cc(=O)[nH]c(C)n1)c1ccc(Cl)cc1. The van der Waals surface area contributed by atoms with Gasteiger partial charge >= 0.3 is 0 Å². The lowest BCUT2D eigenvalue weighted by Crippen LogP contribution is -2.31. The third-order valence-electron chi connectivity index (χ3n) is 4.26. The van der Waals surface area contributed by atoms with E-state index in [0.717, 1.165) is 5.56 Å². The Morgan fingerprint density at radius 1 is 1.21 bits per heavy atom. The summed E-state index contributed by atoms with van der Waals surface area (Å²) in [6.07, 6.45) is 0.354. The Morgan fingerprint density at radius 3 is 2.61 bits per heavy atom. The molecule has 0 spiro atoms. The Bertz CT molecular complexity index is 1030. The molecular weight excluding hydrogens is 378 g/mol. The number of aromatic amines is 1. The van der Waals surface area contributed by atoms with Crippen molar-refractivity contribution in [2.45, 2.75) is 19.4 Å². The van der Waals surface area contributed by atoms with E-state index in [1.165, 1.54) is 13.2 Å². The number of nitrogens with zero attached hydrogens (tertiary/aromatic N) is 1. The zero-order valence-corrected chi connectivity index (χ0v) is 16.3. The largest absolute Gasteiger partial charge is 0.496 e. The fraction of sp³-hybridized carbons (Fsp3) is 0.190. The topological polar surface area (TPSA) is 84.1 Å². The third-order valence-corrected chi connectivity index (χ3v) is 4.51. The van der Waals surface area contributed by atoms with Crippen molar-refractivity contribution in [2.75, 3.05) is 7.11 Å². The molecule has 0 aliphatic rings. The summed E-state index contributed by atoms with van der Waals surface area (Å²) in [7, 11) is 1.52. The molecule has 1 heterocycles. The predicted molar refractivity (Wildman–Crippen MR) is 108 cm³/mol. The van der Waals surface area contributed by atoms with Crippen molar-refractivity contribution < 1.29 is 9.53 Å². The van der Waals surface area contributed by atoms with Gasteiger partial charge in [-0.15, -0.1) is 0 Å². The lowest BCUT2D eigenvalue weighted by Gasteiger charge is -2.20.